The van der Waals surface area contributed by atoms with Crippen LogP contribution in [0.5, 0.6) is 0 Å². The van der Waals surface area contributed by atoms with E-state index in [1.807, 2.05) is 36.4 Å². The number of ether oxygens (including phenoxy) is 2. The van der Waals surface area contributed by atoms with Gasteiger partial charge in [-0.1, -0.05) is 153 Å². The molecule has 0 saturated heterocycles. The fourth-order valence-corrected chi connectivity index (χ4v) is 6.44. The molecular formula is C44H72N2O4. The standard InChI is InChI=1S/C44H72N2O4/c1-5-9-13-15-17-23-33-45(31-11-7-3)35-29-43(47)49-37-39-25-19-21-27-41(39)42-28-22-20-26-40(42)38-50-44(48)30-36-46(32-12-8-4)34-24-18-16-14-10-6-2/h19-22,25-28H,5-18,23-24,29-38H2,1-4H3. The van der Waals surface area contributed by atoms with E-state index in [-0.39, 0.29) is 25.2 Å². The second-order valence-electron chi connectivity index (χ2n) is 14.1. The molecular weight excluding hydrogens is 620 g/mol. The first-order valence-electron chi connectivity index (χ1n) is 20.4. The van der Waals surface area contributed by atoms with Gasteiger partial charge in [0.25, 0.3) is 0 Å². The second-order valence-corrected chi connectivity index (χ2v) is 14.1. The zero-order chi connectivity index (χ0) is 36.1. The number of carbonyl (C=O) groups excluding carboxylic acids is 2. The first-order valence-corrected chi connectivity index (χ1v) is 20.4. The molecule has 0 heterocycles. The van der Waals surface area contributed by atoms with Crippen LogP contribution in [0.1, 0.15) is 154 Å². The van der Waals surface area contributed by atoms with Crippen LogP contribution >= 0.6 is 0 Å². The molecule has 282 valence electrons. The Bertz CT molecular complexity index is 1060. The van der Waals surface area contributed by atoms with Gasteiger partial charge in [-0.15, -0.1) is 0 Å². The van der Waals surface area contributed by atoms with Crippen molar-refractivity contribution in [2.45, 2.75) is 156 Å². The van der Waals surface area contributed by atoms with Gasteiger partial charge in [0.15, 0.2) is 0 Å². The molecule has 0 aromatic heterocycles. The summed E-state index contributed by atoms with van der Waals surface area (Å²) in [5.41, 5.74) is 3.92. The molecule has 0 radical (unpaired) electrons. The summed E-state index contributed by atoms with van der Waals surface area (Å²) >= 11 is 0. The van der Waals surface area contributed by atoms with Crippen LogP contribution in [-0.4, -0.2) is 61.0 Å². The molecule has 0 spiro atoms. The van der Waals surface area contributed by atoms with Gasteiger partial charge in [-0.2, -0.15) is 0 Å². The third-order valence-electron chi connectivity index (χ3n) is 9.68. The van der Waals surface area contributed by atoms with Crippen molar-refractivity contribution in [2.75, 3.05) is 39.3 Å². The second kappa shape index (κ2) is 28.9. The molecule has 0 aliphatic heterocycles. The van der Waals surface area contributed by atoms with E-state index in [0.29, 0.717) is 12.8 Å². The number of carbonyl (C=O) groups is 2. The van der Waals surface area contributed by atoms with E-state index in [1.165, 1.54) is 77.0 Å². The van der Waals surface area contributed by atoms with E-state index < -0.39 is 0 Å². The monoisotopic (exact) mass is 693 g/mol. The number of benzene rings is 2. The molecule has 2 rings (SSSR count). The normalized spacial score (nSPS) is 11.4. The Kier molecular flexibility index (Phi) is 25.2. The summed E-state index contributed by atoms with van der Waals surface area (Å²) in [5.74, 6) is -0.313. The van der Waals surface area contributed by atoms with Gasteiger partial charge in [0.2, 0.25) is 0 Å². The summed E-state index contributed by atoms with van der Waals surface area (Å²) in [7, 11) is 0. The molecule has 6 heteroatoms. The van der Waals surface area contributed by atoms with Gasteiger partial charge in [-0.25, -0.2) is 0 Å². The quantitative estimate of drug-likeness (QED) is 0.0579. The summed E-state index contributed by atoms with van der Waals surface area (Å²) in [4.78, 5) is 30.7. The lowest BCUT2D eigenvalue weighted by molar-refractivity contribution is -0.146. The van der Waals surface area contributed by atoms with E-state index in [2.05, 4.69) is 49.6 Å². The molecule has 2 aromatic carbocycles. The highest BCUT2D eigenvalue weighted by Crippen LogP contribution is 2.28. The van der Waals surface area contributed by atoms with Gasteiger partial charge in [-0.3, -0.25) is 9.59 Å². The van der Waals surface area contributed by atoms with Crippen LogP contribution in [0.2, 0.25) is 0 Å². The Balaban J connectivity index is 1.90. The fourth-order valence-electron chi connectivity index (χ4n) is 6.44. The Hall–Kier alpha value is -2.70. The lowest BCUT2D eigenvalue weighted by Gasteiger charge is -2.22. The Morgan fingerprint density at radius 3 is 1.18 bits per heavy atom. The third-order valence-corrected chi connectivity index (χ3v) is 9.68. The Morgan fingerprint density at radius 2 is 0.780 bits per heavy atom. The van der Waals surface area contributed by atoms with Crippen molar-refractivity contribution in [3.8, 4) is 11.1 Å². The maximum Gasteiger partial charge on any atom is 0.307 e. The number of nitrogens with zero attached hydrogens (tertiary/aromatic N) is 2. The molecule has 0 bridgehead atoms. The molecule has 0 N–H and O–H groups in total. The van der Waals surface area contributed by atoms with Crippen molar-refractivity contribution < 1.29 is 19.1 Å². The van der Waals surface area contributed by atoms with Crippen molar-refractivity contribution in [1.29, 1.82) is 0 Å². The molecule has 0 amide bonds. The number of rotatable bonds is 31. The van der Waals surface area contributed by atoms with Crippen LogP contribution in [0.3, 0.4) is 0 Å². The molecule has 0 atom stereocenters. The van der Waals surface area contributed by atoms with E-state index in [1.54, 1.807) is 0 Å². The smallest absolute Gasteiger partial charge is 0.307 e. The van der Waals surface area contributed by atoms with Gasteiger partial charge in [0, 0.05) is 13.1 Å². The van der Waals surface area contributed by atoms with Crippen molar-refractivity contribution >= 4 is 11.9 Å². The van der Waals surface area contributed by atoms with Crippen LogP contribution in [0.15, 0.2) is 48.5 Å². The maximum absolute atomic E-state index is 12.9. The summed E-state index contributed by atoms with van der Waals surface area (Å²) < 4.78 is 11.7. The third kappa shape index (κ3) is 19.6. The van der Waals surface area contributed by atoms with E-state index in [0.717, 1.165) is 87.2 Å². The first-order chi connectivity index (χ1) is 24.5. The van der Waals surface area contributed by atoms with Gasteiger partial charge in [-0.05, 0) is 74.1 Å². The van der Waals surface area contributed by atoms with Crippen LogP contribution in [0.4, 0.5) is 0 Å². The van der Waals surface area contributed by atoms with E-state index in [9.17, 15) is 9.59 Å². The van der Waals surface area contributed by atoms with Gasteiger partial charge in [0.1, 0.15) is 13.2 Å². The minimum atomic E-state index is -0.157. The van der Waals surface area contributed by atoms with Crippen LogP contribution in [0, 0.1) is 0 Å². The minimum Gasteiger partial charge on any atom is -0.461 e. The molecule has 6 nitrogen and oxygen atoms in total. The predicted molar refractivity (Wildman–Crippen MR) is 210 cm³/mol. The number of esters is 2. The van der Waals surface area contributed by atoms with Crippen molar-refractivity contribution in [3.05, 3.63) is 59.7 Å². The fraction of sp³-hybridized carbons (Fsp3) is 0.682. The zero-order valence-corrected chi connectivity index (χ0v) is 32.5. The average molecular weight is 693 g/mol. The van der Waals surface area contributed by atoms with Crippen LogP contribution in [-0.2, 0) is 32.3 Å². The number of hydrogen-bond donors (Lipinski definition) is 0. The zero-order valence-electron chi connectivity index (χ0n) is 32.5. The number of hydrogen-bond acceptors (Lipinski definition) is 6. The molecule has 50 heavy (non-hydrogen) atoms. The molecule has 2 aromatic rings. The van der Waals surface area contributed by atoms with Crippen molar-refractivity contribution in [2.24, 2.45) is 0 Å². The molecule has 0 fully saturated rings. The largest absolute Gasteiger partial charge is 0.461 e. The highest BCUT2D eigenvalue weighted by Gasteiger charge is 2.15. The summed E-state index contributed by atoms with van der Waals surface area (Å²) in [5, 5.41) is 0. The Morgan fingerprint density at radius 1 is 0.440 bits per heavy atom. The summed E-state index contributed by atoms with van der Waals surface area (Å²) in [6.07, 6.45) is 20.8. The highest BCUT2D eigenvalue weighted by atomic mass is 16.5. The minimum absolute atomic E-state index is 0.157. The first kappa shape index (κ1) is 43.5. The van der Waals surface area contributed by atoms with Gasteiger partial charge >= 0.3 is 11.9 Å². The van der Waals surface area contributed by atoms with Gasteiger partial charge < -0.3 is 19.3 Å². The average Bonchev–Trinajstić information content (AvgIpc) is 3.14. The van der Waals surface area contributed by atoms with Crippen molar-refractivity contribution in [1.82, 2.24) is 9.80 Å². The lowest BCUT2D eigenvalue weighted by atomic mass is 9.96. The molecule has 0 aliphatic rings. The van der Waals surface area contributed by atoms with Crippen LogP contribution < -0.4 is 0 Å². The topological polar surface area (TPSA) is 59.1 Å². The summed E-state index contributed by atoms with van der Waals surface area (Å²) in [6, 6.07) is 16.1. The van der Waals surface area contributed by atoms with E-state index >= 15 is 0 Å². The van der Waals surface area contributed by atoms with Crippen molar-refractivity contribution in [3.63, 3.8) is 0 Å². The molecule has 0 unspecified atom stereocenters. The van der Waals surface area contributed by atoms with Gasteiger partial charge in [0.05, 0.1) is 12.8 Å². The van der Waals surface area contributed by atoms with Crippen LogP contribution in [0.25, 0.3) is 11.1 Å². The lowest BCUT2D eigenvalue weighted by Crippen LogP contribution is -2.29. The van der Waals surface area contributed by atoms with E-state index in [4.69, 9.17) is 9.47 Å². The SMILES string of the molecule is CCCCCCCCN(CCCC)CCC(=O)OCc1ccccc1-c1ccccc1COC(=O)CCN(CCCC)CCCCCCCC. The summed E-state index contributed by atoms with van der Waals surface area (Å²) in [6.45, 7) is 15.1. The molecule has 0 saturated carbocycles. The highest BCUT2D eigenvalue weighted by molar-refractivity contribution is 5.73. The predicted octanol–water partition coefficient (Wildman–Crippen LogP) is 11.1. The maximum atomic E-state index is 12.9. The Labute approximate surface area is 306 Å². The molecule has 0 aliphatic carbocycles. The number of unbranched alkanes of at least 4 members (excludes halogenated alkanes) is 12.